The lowest BCUT2D eigenvalue weighted by atomic mass is 10.1. The summed E-state index contributed by atoms with van der Waals surface area (Å²) in [6.07, 6.45) is 9.16. The maximum absolute atomic E-state index is 4.40. The summed E-state index contributed by atoms with van der Waals surface area (Å²) < 4.78 is 1.89. The second kappa shape index (κ2) is 7.67. The van der Waals surface area contributed by atoms with Crippen molar-refractivity contribution in [3.8, 4) is 11.3 Å². The normalized spacial score (nSPS) is 14.8. The summed E-state index contributed by atoms with van der Waals surface area (Å²) in [5.41, 5.74) is 6.51. The number of rotatable bonds is 6. The average molecular weight is 412 g/mol. The van der Waals surface area contributed by atoms with Crippen LogP contribution in [0.25, 0.3) is 33.1 Å². The van der Waals surface area contributed by atoms with Gasteiger partial charge in [-0.2, -0.15) is 5.10 Å². The van der Waals surface area contributed by atoms with Crippen molar-refractivity contribution in [1.29, 1.82) is 0 Å². The van der Waals surface area contributed by atoms with Gasteiger partial charge >= 0.3 is 0 Å². The van der Waals surface area contributed by atoms with Crippen molar-refractivity contribution in [3.05, 3.63) is 66.1 Å². The molecule has 0 radical (unpaired) electrons. The third-order valence-electron chi connectivity index (χ3n) is 6.32. The average Bonchev–Trinajstić information content (AvgIpc) is 3.58. The predicted molar refractivity (Wildman–Crippen MR) is 122 cm³/mol. The summed E-state index contributed by atoms with van der Waals surface area (Å²) in [4.78, 5) is 3.58. The third-order valence-corrected chi connectivity index (χ3v) is 6.32. The number of nitrogens with zero attached hydrogens (tertiary/aromatic N) is 4. The van der Waals surface area contributed by atoms with Gasteiger partial charge in [0.25, 0.3) is 0 Å². The molecule has 7 nitrogen and oxygen atoms in total. The van der Waals surface area contributed by atoms with Crippen LogP contribution in [0.4, 0.5) is 0 Å². The van der Waals surface area contributed by atoms with E-state index in [1.807, 2.05) is 29.2 Å². The van der Waals surface area contributed by atoms with E-state index in [9.17, 15) is 0 Å². The molecule has 0 bridgehead atoms. The van der Waals surface area contributed by atoms with Crippen molar-refractivity contribution in [2.24, 2.45) is 0 Å². The van der Waals surface area contributed by atoms with Gasteiger partial charge in [-0.3, -0.25) is 5.10 Å². The number of hydrogen-bond donors (Lipinski definition) is 3. The molecule has 156 valence electrons. The minimum atomic E-state index is 0.677. The molecule has 3 N–H and O–H groups in total. The second-order valence-electron chi connectivity index (χ2n) is 8.52. The van der Waals surface area contributed by atoms with Crippen LogP contribution in [0.1, 0.15) is 36.9 Å². The maximum Gasteiger partial charge on any atom is 0.113 e. The van der Waals surface area contributed by atoms with Gasteiger partial charge < -0.3 is 10.3 Å². The maximum atomic E-state index is 4.40. The SMILES string of the molecule is c1cc(-c2cn(Cc3ccc4cc(CNC5CCCC5)[nH]c4c3)nn2)c2cn[nH]c2c1. The van der Waals surface area contributed by atoms with E-state index in [0.717, 1.165) is 28.7 Å². The number of hydrogen-bond acceptors (Lipinski definition) is 4. The zero-order valence-corrected chi connectivity index (χ0v) is 17.3. The molecule has 1 aliphatic rings. The van der Waals surface area contributed by atoms with Gasteiger partial charge in [-0.15, -0.1) is 5.10 Å². The van der Waals surface area contributed by atoms with Gasteiger partial charge in [0.2, 0.25) is 0 Å². The highest BCUT2D eigenvalue weighted by molar-refractivity contribution is 5.93. The molecular formula is C24H25N7. The summed E-state index contributed by atoms with van der Waals surface area (Å²) in [5.74, 6) is 0. The monoisotopic (exact) mass is 411 g/mol. The summed E-state index contributed by atoms with van der Waals surface area (Å²) in [7, 11) is 0. The molecule has 0 spiro atoms. The van der Waals surface area contributed by atoms with E-state index in [4.69, 9.17) is 0 Å². The predicted octanol–water partition coefficient (Wildman–Crippen LogP) is 4.38. The lowest BCUT2D eigenvalue weighted by molar-refractivity contribution is 0.520. The summed E-state index contributed by atoms with van der Waals surface area (Å²) in [6.45, 7) is 1.58. The van der Waals surface area contributed by atoms with Crippen molar-refractivity contribution in [2.45, 2.75) is 44.8 Å². The van der Waals surface area contributed by atoms with Gasteiger partial charge in [0, 0.05) is 34.7 Å². The number of fused-ring (bicyclic) bond motifs is 2. The van der Waals surface area contributed by atoms with Gasteiger partial charge in [0.15, 0.2) is 0 Å². The Labute approximate surface area is 179 Å². The molecule has 3 heterocycles. The van der Waals surface area contributed by atoms with Crippen LogP contribution in [0.5, 0.6) is 0 Å². The molecule has 3 aromatic heterocycles. The molecule has 31 heavy (non-hydrogen) atoms. The van der Waals surface area contributed by atoms with Crippen molar-refractivity contribution >= 4 is 21.8 Å². The smallest absolute Gasteiger partial charge is 0.113 e. The van der Waals surface area contributed by atoms with E-state index in [2.05, 4.69) is 61.1 Å². The van der Waals surface area contributed by atoms with Gasteiger partial charge in [0.05, 0.1) is 24.5 Å². The highest BCUT2D eigenvalue weighted by atomic mass is 15.4. The lowest BCUT2D eigenvalue weighted by Crippen LogP contribution is -2.25. The number of aromatic amines is 2. The number of H-pyrrole nitrogens is 2. The van der Waals surface area contributed by atoms with Crippen LogP contribution in [0.2, 0.25) is 0 Å². The molecule has 5 aromatic rings. The first-order valence-electron chi connectivity index (χ1n) is 11.0. The van der Waals surface area contributed by atoms with Gasteiger partial charge in [-0.25, -0.2) is 4.68 Å². The van der Waals surface area contributed by atoms with Crippen LogP contribution >= 0.6 is 0 Å². The highest BCUT2D eigenvalue weighted by Gasteiger charge is 2.14. The van der Waals surface area contributed by atoms with Crippen LogP contribution < -0.4 is 5.32 Å². The Kier molecular flexibility index (Phi) is 4.53. The van der Waals surface area contributed by atoms with Crippen molar-refractivity contribution in [2.75, 3.05) is 0 Å². The molecule has 6 rings (SSSR count). The van der Waals surface area contributed by atoms with E-state index in [1.54, 1.807) is 0 Å². The minimum absolute atomic E-state index is 0.677. The van der Waals surface area contributed by atoms with Gasteiger partial charge in [0.1, 0.15) is 5.69 Å². The van der Waals surface area contributed by atoms with E-state index in [0.29, 0.717) is 12.6 Å². The Morgan fingerprint density at radius 2 is 2.00 bits per heavy atom. The molecule has 1 aliphatic carbocycles. The number of nitrogens with one attached hydrogen (secondary N) is 3. The van der Waals surface area contributed by atoms with Crippen molar-refractivity contribution in [3.63, 3.8) is 0 Å². The van der Waals surface area contributed by atoms with Crippen molar-refractivity contribution in [1.82, 2.24) is 35.5 Å². The van der Waals surface area contributed by atoms with Gasteiger partial charge in [-0.05, 0) is 42.0 Å². The molecule has 0 unspecified atom stereocenters. The van der Waals surface area contributed by atoms with E-state index < -0.39 is 0 Å². The first-order chi connectivity index (χ1) is 15.3. The van der Waals surface area contributed by atoms with E-state index >= 15 is 0 Å². The fourth-order valence-electron chi connectivity index (χ4n) is 4.69. The Morgan fingerprint density at radius 3 is 2.94 bits per heavy atom. The quantitative estimate of drug-likeness (QED) is 0.387. The molecule has 7 heteroatoms. The second-order valence-corrected chi connectivity index (χ2v) is 8.52. The van der Waals surface area contributed by atoms with Crippen LogP contribution in [0.15, 0.2) is 54.9 Å². The van der Waals surface area contributed by atoms with Gasteiger partial charge in [-0.1, -0.05) is 42.3 Å². The molecular weight excluding hydrogens is 386 g/mol. The summed E-state index contributed by atoms with van der Waals surface area (Å²) in [6, 6.07) is 15.6. The molecule has 0 aliphatic heterocycles. The van der Waals surface area contributed by atoms with E-state index in [1.165, 1.54) is 47.8 Å². The largest absolute Gasteiger partial charge is 0.357 e. The van der Waals surface area contributed by atoms with E-state index in [-0.39, 0.29) is 0 Å². The first kappa shape index (κ1) is 18.3. The molecule has 0 atom stereocenters. The van der Waals surface area contributed by atoms with Crippen LogP contribution in [-0.4, -0.2) is 36.2 Å². The zero-order valence-electron chi connectivity index (χ0n) is 17.3. The number of aromatic nitrogens is 6. The Bertz CT molecular complexity index is 1340. The summed E-state index contributed by atoms with van der Waals surface area (Å²) in [5, 5.41) is 21.9. The fourth-order valence-corrected chi connectivity index (χ4v) is 4.69. The van der Waals surface area contributed by atoms with Crippen LogP contribution in [0, 0.1) is 0 Å². The Morgan fingerprint density at radius 1 is 1.06 bits per heavy atom. The molecule has 0 saturated heterocycles. The summed E-state index contributed by atoms with van der Waals surface area (Å²) >= 11 is 0. The zero-order chi connectivity index (χ0) is 20.6. The standard InChI is InChI=1S/C24H25N7/c1-2-5-18(4-1)25-12-19-11-17-9-8-16(10-23(17)27-19)14-31-15-24(29-30-31)20-6-3-7-22-21(20)13-26-28-22/h3,6-11,13,15,18,25,27H,1-2,4-5,12,14H2,(H,26,28). The lowest BCUT2D eigenvalue weighted by Gasteiger charge is -2.10. The topological polar surface area (TPSA) is 87.2 Å². The molecule has 2 aromatic carbocycles. The molecule has 1 fully saturated rings. The fraction of sp³-hybridized carbons (Fsp3) is 0.292. The molecule has 1 saturated carbocycles. The Balaban J connectivity index is 1.20. The number of benzene rings is 2. The third kappa shape index (κ3) is 3.61. The minimum Gasteiger partial charge on any atom is -0.357 e. The Hall–Kier alpha value is -3.45. The first-order valence-corrected chi connectivity index (χ1v) is 11.0. The van der Waals surface area contributed by atoms with Crippen LogP contribution in [-0.2, 0) is 13.1 Å². The molecule has 0 amide bonds. The van der Waals surface area contributed by atoms with Crippen molar-refractivity contribution < 1.29 is 0 Å². The van der Waals surface area contributed by atoms with Crippen LogP contribution in [0.3, 0.4) is 0 Å². The highest BCUT2D eigenvalue weighted by Crippen LogP contribution is 2.26.